The summed E-state index contributed by atoms with van der Waals surface area (Å²) in [5, 5.41) is 8.93. The molecule has 5 nitrogen and oxygen atoms in total. The number of aliphatic carboxylic acids is 1. The second-order valence-corrected chi connectivity index (χ2v) is 5.31. The molecule has 1 heterocycles. The first-order valence-electron chi connectivity index (χ1n) is 5.93. The number of hydrogen-bond donors (Lipinski definition) is 1. The fourth-order valence-electron chi connectivity index (χ4n) is 2.07. The van der Waals surface area contributed by atoms with Gasteiger partial charge in [-0.05, 0) is 24.6 Å². The van der Waals surface area contributed by atoms with Crippen LogP contribution in [0.25, 0.3) is 0 Å². The molecule has 2 rings (SSSR count). The fraction of sp³-hybridized carbons (Fsp3) is 0.385. The number of carbonyl (C=O) groups is 2. The van der Waals surface area contributed by atoms with Crippen molar-refractivity contribution < 1.29 is 19.4 Å². The highest BCUT2D eigenvalue weighted by molar-refractivity contribution is 9.10. The van der Waals surface area contributed by atoms with Crippen LogP contribution in [0.2, 0.25) is 0 Å². The molecular weight excluding hydrogens is 314 g/mol. The first-order valence-corrected chi connectivity index (χ1v) is 6.72. The van der Waals surface area contributed by atoms with E-state index in [1.807, 2.05) is 13.0 Å². The largest absolute Gasteiger partial charge is 0.481 e. The Morgan fingerprint density at radius 1 is 1.58 bits per heavy atom. The van der Waals surface area contributed by atoms with Crippen molar-refractivity contribution in [2.75, 3.05) is 11.5 Å². The van der Waals surface area contributed by atoms with E-state index in [0.29, 0.717) is 12.1 Å². The Kier molecular flexibility index (Phi) is 4.09. The van der Waals surface area contributed by atoms with Gasteiger partial charge in [0.25, 0.3) is 0 Å². The maximum Gasteiger partial charge on any atom is 0.414 e. The average Bonchev–Trinajstić information content (AvgIpc) is 2.32. The molecule has 0 aliphatic carbocycles. The van der Waals surface area contributed by atoms with Crippen LogP contribution >= 0.6 is 15.9 Å². The molecule has 1 aromatic rings. The van der Waals surface area contributed by atoms with Gasteiger partial charge in [0.2, 0.25) is 0 Å². The van der Waals surface area contributed by atoms with Crippen LogP contribution < -0.4 is 4.90 Å². The predicted octanol–water partition coefficient (Wildman–Crippen LogP) is 2.95. The summed E-state index contributed by atoms with van der Waals surface area (Å²) < 4.78 is 5.88. The Morgan fingerprint density at radius 3 is 2.95 bits per heavy atom. The molecular formula is C13H14BrNO4. The van der Waals surface area contributed by atoms with E-state index in [0.717, 1.165) is 10.0 Å². The van der Waals surface area contributed by atoms with Crippen LogP contribution in [-0.4, -0.2) is 29.8 Å². The average molecular weight is 328 g/mol. The van der Waals surface area contributed by atoms with Gasteiger partial charge in [-0.25, -0.2) is 4.79 Å². The summed E-state index contributed by atoms with van der Waals surface area (Å²) >= 11 is 3.41. The molecule has 1 aliphatic rings. The Bertz CT molecular complexity index is 517. The number of cyclic esters (lactones) is 1. The van der Waals surface area contributed by atoms with Gasteiger partial charge in [0, 0.05) is 16.6 Å². The fourth-order valence-corrected chi connectivity index (χ4v) is 2.44. The molecule has 1 unspecified atom stereocenters. The van der Waals surface area contributed by atoms with Crippen LogP contribution in [0.5, 0.6) is 0 Å². The number of anilines is 1. The normalized spacial score (nSPS) is 19.2. The van der Waals surface area contributed by atoms with Gasteiger partial charge in [-0.15, -0.1) is 0 Å². The van der Waals surface area contributed by atoms with E-state index in [4.69, 9.17) is 9.84 Å². The summed E-state index contributed by atoms with van der Waals surface area (Å²) in [6.45, 7) is 2.21. The van der Waals surface area contributed by atoms with E-state index in [1.165, 1.54) is 4.90 Å². The van der Waals surface area contributed by atoms with Crippen molar-refractivity contribution in [1.29, 1.82) is 0 Å². The number of ether oxygens (including phenoxy) is 1. The number of amides is 1. The van der Waals surface area contributed by atoms with Crippen molar-refractivity contribution in [3.63, 3.8) is 0 Å². The Labute approximate surface area is 119 Å². The SMILES string of the molecule is Cc1ccc(N2C(=O)OCCC2CC(=O)O)cc1Br. The lowest BCUT2D eigenvalue weighted by Gasteiger charge is -2.34. The number of carboxylic acid groups (broad SMARTS) is 1. The minimum atomic E-state index is -0.920. The van der Waals surface area contributed by atoms with Gasteiger partial charge in [-0.2, -0.15) is 0 Å². The molecule has 0 radical (unpaired) electrons. The van der Waals surface area contributed by atoms with E-state index in [9.17, 15) is 9.59 Å². The lowest BCUT2D eigenvalue weighted by molar-refractivity contribution is -0.137. The van der Waals surface area contributed by atoms with Crippen molar-refractivity contribution in [3.05, 3.63) is 28.2 Å². The number of halogens is 1. The smallest absolute Gasteiger partial charge is 0.414 e. The van der Waals surface area contributed by atoms with Gasteiger partial charge in [-0.1, -0.05) is 22.0 Å². The molecule has 1 amide bonds. The summed E-state index contributed by atoms with van der Waals surface area (Å²) in [7, 11) is 0. The van der Waals surface area contributed by atoms with Crippen molar-refractivity contribution >= 4 is 33.7 Å². The van der Waals surface area contributed by atoms with Crippen LogP contribution in [0, 0.1) is 6.92 Å². The maximum atomic E-state index is 11.9. The number of aryl methyl sites for hydroxylation is 1. The topological polar surface area (TPSA) is 66.8 Å². The molecule has 1 aromatic carbocycles. The lowest BCUT2D eigenvalue weighted by Crippen LogP contribution is -2.46. The minimum Gasteiger partial charge on any atom is -0.481 e. The molecule has 1 saturated heterocycles. The Balaban J connectivity index is 2.32. The molecule has 19 heavy (non-hydrogen) atoms. The third-order valence-corrected chi connectivity index (χ3v) is 3.94. The molecule has 1 fully saturated rings. The molecule has 0 saturated carbocycles. The first kappa shape index (κ1) is 13.9. The monoisotopic (exact) mass is 327 g/mol. The number of carbonyl (C=O) groups excluding carboxylic acids is 1. The van der Waals surface area contributed by atoms with Crippen LogP contribution in [0.3, 0.4) is 0 Å². The number of benzene rings is 1. The third-order valence-electron chi connectivity index (χ3n) is 3.08. The molecule has 1 atom stereocenters. The van der Waals surface area contributed by atoms with Crippen molar-refractivity contribution in [3.8, 4) is 0 Å². The molecule has 1 N–H and O–H groups in total. The number of hydrogen-bond acceptors (Lipinski definition) is 3. The minimum absolute atomic E-state index is 0.0827. The molecule has 1 aliphatic heterocycles. The van der Waals surface area contributed by atoms with E-state index in [2.05, 4.69) is 15.9 Å². The molecule has 0 spiro atoms. The summed E-state index contributed by atoms with van der Waals surface area (Å²) in [5.74, 6) is -0.920. The zero-order valence-electron chi connectivity index (χ0n) is 10.4. The second kappa shape index (κ2) is 5.61. The van der Waals surface area contributed by atoms with Crippen LogP contribution in [0.4, 0.5) is 10.5 Å². The van der Waals surface area contributed by atoms with Gasteiger partial charge >= 0.3 is 12.1 Å². The summed E-state index contributed by atoms with van der Waals surface area (Å²) in [6, 6.07) is 5.10. The second-order valence-electron chi connectivity index (χ2n) is 4.46. The van der Waals surface area contributed by atoms with E-state index >= 15 is 0 Å². The lowest BCUT2D eigenvalue weighted by atomic mass is 10.1. The van der Waals surface area contributed by atoms with Crippen molar-refractivity contribution in [2.24, 2.45) is 0 Å². The van der Waals surface area contributed by atoms with E-state index in [-0.39, 0.29) is 19.1 Å². The third kappa shape index (κ3) is 3.07. The van der Waals surface area contributed by atoms with E-state index < -0.39 is 12.1 Å². The van der Waals surface area contributed by atoms with Crippen molar-refractivity contribution in [1.82, 2.24) is 0 Å². The van der Waals surface area contributed by atoms with E-state index in [1.54, 1.807) is 12.1 Å². The van der Waals surface area contributed by atoms with Gasteiger partial charge in [0.15, 0.2) is 0 Å². The first-order chi connectivity index (χ1) is 8.99. The predicted molar refractivity (Wildman–Crippen MR) is 73.4 cm³/mol. The quantitative estimate of drug-likeness (QED) is 0.926. The van der Waals surface area contributed by atoms with Crippen LogP contribution in [0.15, 0.2) is 22.7 Å². The highest BCUT2D eigenvalue weighted by Crippen LogP contribution is 2.29. The standard InChI is InChI=1S/C13H14BrNO4/c1-8-2-3-9(6-11(8)14)15-10(7-12(16)17)4-5-19-13(15)18/h2-3,6,10H,4-5,7H2,1H3,(H,16,17). The maximum absolute atomic E-state index is 11.9. The molecule has 0 aromatic heterocycles. The van der Waals surface area contributed by atoms with Crippen LogP contribution in [-0.2, 0) is 9.53 Å². The highest BCUT2D eigenvalue weighted by Gasteiger charge is 2.32. The molecule has 0 bridgehead atoms. The Hall–Kier alpha value is -1.56. The molecule has 102 valence electrons. The highest BCUT2D eigenvalue weighted by atomic mass is 79.9. The number of nitrogens with zero attached hydrogens (tertiary/aromatic N) is 1. The summed E-state index contributed by atoms with van der Waals surface area (Å²) in [5.41, 5.74) is 1.69. The Morgan fingerprint density at radius 2 is 2.32 bits per heavy atom. The number of carboxylic acids is 1. The van der Waals surface area contributed by atoms with Gasteiger partial charge in [-0.3, -0.25) is 9.69 Å². The molecule has 6 heteroatoms. The van der Waals surface area contributed by atoms with Gasteiger partial charge in [0.1, 0.15) is 0 Å². The summed E-state index contributed by atoms with van der Waals surface area (Å²) in [4.78, 5) is 24.2. The zero-order chi connectivity index (χ0) is 14.0. The van der Waals surface area contributed by atoms with Crippen molar-refractivity contribution in [2.45, 2.75) is 25.8 Å². The van der Waals surface area contributed by atoms with Gasteiger partial charge < -0.3 is 9.84 Å². The number of rotatable bonds is 3. The van der Waals surface area contributed by atoms with Crippen LogP contribution in [0.1, 0.15) is 18.4 Å². The van der Waals surface area contributed by atoms with Gasteiger partial charge in [0.05, 0.1) is 19.1 Å². The summed E-state index contributed by atoms with van der Waals surface area (Å²) in [6.07, 6.45) is -0.0577. The zero-order valence-corrected chi connectivity index (χ0v) is 12.0.